The highest BCUT2D eigenvalue weighted by Gasteiger charge is 2.36. The number of rotatable bonds is 0. The Labute approximate surface area is 133 Å². The van der Waals surface area contributed by atoms with Gasteiger partial charge in [0.05, 0.1) is 16.6 Å². The molecule has 2 aliphatic rings. The molecule has 2 amide bonds. The number of pyridine rings is 1. The highest BCUT2D eigenvalue weighted by atomic mass is 35.5. The Morgan fingerprint density at radius 3 is 2.52 bits per heavy atom. The summed E-state index contributed by atoms with van der Waals surface area (Å²) < 4.78 is 0. The van der Waals surface area contributed by atoms with Gasteiger partial charge in [0.1, 0.15) is 10.7 Å². The number of amides is 2. The molecule has 0 fully saturated rings. The summed E-state index contributed by atoms with van der Waals surface area (Å²) in [6, 6.07) is 1.55. The minimum atomic E-state index is -0.395. The molecular formula is C16H10ClN3O3. The van der Waals surface area contributed by atoms with Crippen LogP contribution in [-0.4, -0.2) is 21.8 Å². The van der Waals surface area contributed by atoms with Crippen molar-refractivity contribution in [2.45, 2.75) is 19.3 Å². The highest BCUT2D eigenvalue weighted by Crippen LogP contribution is 2.40. The molecule has 3 N–H and O–H groups in total. The smallest absolute Gasteiger partial charge is 0.268 e. The van der Waals surface area contributed by atoms with Gasteiger partial charge in [0.2, 0.25) is 0 Å². The van der Waals surface area contributed by atoms with Crippen LogP contribution in [0.5, 0.6) is 0 Å². The number of aromatic nitrogens is 2. The van der Waals surface area contributed by atoms with E-state index in [2.05, 4.69) is 15.3 Å². The van der Waals surface area contributed by atoms with Crippen molar-refractivity contribution in [2.24, 2.45) is 0 Å². The molecule has 0 unspecified atom stereocenters. The van der Waals surface area contributed by atoms with Gasteiger partial charge >= 0.3 is 0 Å². The standard InChI is InChI=1S/C16H10ClN3O3/c17-8-4-7-9-11-10(15(22)20-16(11)23)5-2-1-3-6(5)12(9)18-13(7)19-14(8)21/h4H,1-3H2,(H2,18,19,21)(H,20,22,23). The van der Waals surface area contributed by atoms with Crippen LogP contribution in [0.1, 0.15) is 38.3 Å². The summed E-state index contributed by atoms with van der Waals surface area (Å²) in [5.41, 5.74) is 3.81. The predicted molar refractivity (Wildman–Crippen MR) is 85.3 cm³/mol. The minimum Gasteiger partial charge on any atom is -0.340 e. The lowest BCUT2D eigenvalue weighted by molar-refractivity contribution is 0.0880. The number of aromatic amines is 2. The summed E-state index contributed by atoms with van der Waals surface area (Å²) in [6.45, 7) is 0. The van der Waals surface area contributed by atoms with Gasteiger partial charge in [-0.15, -0.1) is 0 Å². The third-order valence-electron chi connectivity index (χ3n) is 4.77. The summed E-state index contributed by atoms with van der Waals surface area (Å²) in [7, 11) is 0. The van der Waals surface area contributed by atoms with Crippen molar-refractivity contribution in [3.05, 3.63) is 43.7 Å². The van der Waals surface area contributed by atoms with E-state index in [4.69, 9.17) is 11.6 Å². The van der Waals surface area contributed by atoms with Gasteiger partial charge in [0.25, 0.3) is 17.4 Å². The van der Waals surface area contributed by atoms with Crippen LogP contribution in [0.3, 0.4) is 0 Å². The van der Waals surface area contributed by atoms with E-state index in [1.165, 1.54) is 0 Å². The molecule has 0 bridgehead atoms. The number of H-pyrrole nitrogens is 2. The van der Waals surface area contributed by atoms with Crippen LogP contribution in [-0.2, 0) is 12.8 Å². The topological polar surface area (TPSA) is 94.8 Å². The largest absolute Gasteiger partial charge is 0.340 e. The number of carbonyl (C=O) groups excluding carboxylic acids is 2. The third-order valence-corrected chi connectivity index (χ3v) is 5.05. The zero-order valence-corrected chi connectivity index (χ0v) is 12.6. The fraction of sp³-hybridized carbons (Fsp3) is 0.188. The second-order valence-corrected chi connectivity index (χ2v) is 6.36. The van der Waals surface area contributed by atoms with Crippen LogP contribution in [0.25, 0.3) is 21.9 Å². The lowest BCUT2D eigenvalue weighted by Crippen LogP contribution is -2.20. The number of carbonyl (C=O) groups is 2. The van der Waals surface area contributed by atoms with Crippen molar-refractivity contribution in [3.8, 4) is 0 Å². The van der Waals surface area contributed by atoms with Gasteiger partial charge < -0.3 is 9.97 Å². The number of benzene rings is 1. The number of imide groups is 1. The molecule has 114 valence electrons. The number of hydrogen-bond donors (Lipinski definition) is 3. The first-order valence-electron chi connectivity index (χ1n) is 7.34. The van der Waals surface area contributed by atoms with E-state index < -0.39 is 5.91 Å². The molecular weight excluding hydrogens is 318 g/mol. The lowest BCUT2D eigenvalue weighted by atomic mass is 9.94. The fourth-order valence-corrected chi connectivity index (χ4v) is 4.04. The predicted octanol–water partition coefficient (Wildman–Crippen LogP) is 2.04. The first-order valence-corrected chi connectivity index (χ1v) is 7.71. The lowest BCUT2D eigenvalue weighted by Gasteiger charge is -2.07. The van der Waals surface area contributed by atoms with Crippen molar-refractivity contribution in [2.75, 3.05) is 0 Å². The van der Waals surface area contributed by atoms with Crippen molar-refractivity contribution >= 4 is 45.4 Å². The summed E-state index contributed by atoms with van der Waals surface area (Å²) in [5.74, 6) is -0.733. The maximum atomic E-state index is 12.3. The second-order valence-electron chi connectivity index (χ2n) is 5.95. The number of halogens is 1. The van der Waals surface area contributed by atoms with Gasteiger partial charge in [-0.1, -0.05) is 11.6 Å². The average molecular weight is 328 g/mol. The average Bonchev–Trinajstić information content (AvgIpc) is 3.16. The van der Waals surface area contributed by atoms with Crippen molar-refractivity contribution < 1.29 is 9.59 Å². The van der Waals surface area contributed by atoms with Gasteiger partial charge in [-0.3, -0.25) is 19.7 Å². The molecule has 6 nitrogen and oxygen atoms in total. The molecule has 5 rings (SSSR count). The number of nitrogens with one attached hydrogen (secondary N) is 3. The fourth-order valence-electron chi connectivity index (χ4n) is 3.89. The van der Waals surface area contributed by atoms with Crippen molar-refractivity contribution in [1.82, 2.24) is 15.3 Å². The molecule has 0 atom stereocenters. The van der Waals surface area contributed by atoms with Crippen LogP contribution >= 0.6 is 11.6 Å². The van der Waals surface area contributed by atoms with Gasteiger partial charge in [-0.2, -0.15) is 0 Å². The molecule has 3 aromatic rings. The van der Waals surface area contributed by atoms with E-state index in [-0.39, 0.29) is 16.5 Å². The van der Waals surface area contributed by atoms with Crippen molar-refractivity contribution in [1.29, 1.82) is 0 Å². The molecule has 0 saturated heterocycles. The van der Waals surface area contributed by atoms with E-state index in [0.717, 1.165) is 35.9 Å². The van der Waals surface area contributed by atoms with Crippen molar-refractivity contribution in [3.63, 3.8) is 0 Å². The zero-order valence-electron chi connectivity index (χ0n) is 11.8. The number of hydrogen-bond acceptors (Lipinski definition) is 3. The number of fused-ring (bicyclic) bond motifs is 8. The molecule has 1 aromatic carbocycles. The van der Waals surface area contributed by atoms with Gasteiger partial charge in [0.15, 0.2) is 0 Å². The Hall–Kier alpha value is -2.60. The second kappa shape index (κ2) is 4.02. The maximum Gasteiger partial charge on any atom is 0.268 e. The van der Waals surface area contributed by atoms with Crippen LogP contribution in [0.2, 0.25) is 5.02 Å². The molecule has 2 aromatic heterocycles. The number of aryl methyl sites for hydroxylation is 1. The summed E-state index contributed by atoms with van der Waals surface area (Å²) >= 11 is 5.95. The summed E-state index contributed by atoms with van der Waals surface area (Å²) in [4.78, 5) is 42.2. The normalized spacial score (nSPS) is 16.2. The van der Waals surface area contributed by atoms with Crippen LogP contribution in [0, 0.1) is 0 Å². The molecule has 3 heterocycles. The molecule has 1 aliphatic carbocycles. The van der Waals surface area contributed by atoms with Gasteiger partial charge in [-0.25, -0.2) is 0 Å². The Kier molecular flexibility index (Phi) is 2.26. The quantitative estimate of drug-likeness (QED) is 0.551. The summed E-state index contributed by atoms with van der Waals surface area (Å²) in [6.07, 6.45) is 2.56. The minimum absolute atomic E-state index is 0.0531. The Balaban J connectivity index is 2.10. The third kappa shape index (κ3) is 1.46. The van der Waals surface area contributed by atoms with E-state index in [1.54, 1.807) is 6.07 Å². The molecule has 23 heavy (non-hydrogen) atoms. The SMILES string of the molecule is O=C1NC(=O)c2c1c1c(c3[nH]c4[nH]c(=O)c(Cl)cc4c23)CCC1. The maximum absolute atomic E-state index is 12.3. The Morgan fingerprint density at radius 2 is 1.70 bits per heavy atom. The molecule has 7 heteroatoms. The Morgan fingerprint density at radius 1 is 0.957 bits per heavy atom. The van der Waals surface area contributed by atoms with Gasteiger partial charge in [-0.05, 0) is 36.5 Å². The van der Waals surface area contributed by atoms with E-state index >= 15 is 0 Å². The van der Waals surface area contributed by atoms with E-state index in [9.17, 15) is 14.4 Å². The van der Waals surface area contributed by atoms with Crippen LogP contribution < -0.4 is 10.9 Å². The molecule has 0 spiro atoms. The van der Waals surface area contributed by atoms with E-state index in [0.29, 0.717) is 27.5 Å². The van der Waals surface area contributed by atoms with Crippen LogP contribution in [0.4, 0.5) is 0 Å². The molecule has 0 saturated carbocycles. The van der Waals surface area contributed by atoms with Crippen LogP contribution in [0.15, 0.2) is 10.9 Å². The zero-order chi connectivity index (χ0) is 15.9. The highest BCUT2D eigenvalue weighted by molar-refractivity contribution is 6.33. The van der Waals surface area contributed by atoms with E-state index in [1.807, 2.05) is 0 Å². The monoisotopic (exact) mass is 327 g/mol. The molecule has 0 radical (unpaired) electrons. The first-order chi connectivity index (χ1) is 11.1. The first kappa shape index (κ1) is 12.9. The Bertz CT molecular complexity index is 1140. The molecule has 1 aliphatic heterocycles. The van der Waals surface area contributed by atoms with Gasteiger partial charge in [0, 0.05) is 10.8 Å². The summed E-state index contributed by atoms with van der Waals surface area (Å²) in [5, 5.41) is 3.76.